The van der Waals surface area contributed by atoms with Crippen molar-refractivity contribution in [3.63, 3.8) is 0 Å². The maximum absolute atomic E-state index is 5.81. The lowest BCUT2D eigenvalue weighted by atomic mass is 10.0. The van der Waals surface area contributed by atoms with E-state index in [0.717, 1.165) is 34.2 Å². The van der Waals surface area contributed by atoms with Gasteiger partial charge in [-0.2, -0.15) is 0 Å². The van der Waals surface area contributed by atoms with E-state index in [9.17, 15) is 0 Å². The number of hydrogen-bond acceptors (Lipinski definition) is 4. The first-order valence-electron chi connectivity index (χ1n) is 5.89. The van der Waals surface area contributed by atoms with Crippen molar-refractivity contribution in [2.75, 3.05) is 5.73 Å². The van der Waals surface area contributed by atoms with Gasteiger partial charge >= 0.3 is 0 Å². The first-order chi connectivity index (χ1) is 8.81. The van der Waals surface area contributed by atoms with Gasteiger partial charge in [0.25, 0.3) is 0 Å². The molecule has 0 amide bonds. The second-order valence-electron chi connectivity index (χ2n) is 4.10. The minimum absolute atomic E-state index is 0.466. The fraction of sp³-hybridized carbons (Fsp3) is 0.143. The average Bonchev–Trinajstić information content (AvgIpc) is 2.79. The summed E-state index contributed by atoms with van der Waals surface area (Å²) in [7, 11) is 0. The quantitative estimate of drug-likeness (QED) is 0.746. The van der Waals surface area contributed by atoms with E-state index >= 15 is 0 Å². The Labute approximate surface area is 104 Å². The highest BCUT2D eigenvalue weighted by atomic mass is 16.5. The van der Waals surface area contributed by atoms with Crippen LogP contribution in [0, 0.1) is 0 Å². The van der Waals surface area contributed by atoms with Crippen LogP contribution in [0.5, 0.6) is 0 Å². The number of nitrogens with two attached hydrogens (primary N) is 1. The molecule has 0 aliphatic carbocycles. The zero-order valence-corrected chi connectivity index (χ0v) is 10.1. The minimum atomic E-state index is 0.466. The zero-order chi connectivity index (χ0) is 12.5. The Morgan fingerprint density at radius 1 is 1.22 bits per heavy atom. The van der Waals surface area contributed by atoms with Gasteiger partial charge in [-0.25, -0.2) is 0 Å². The van der Waals surface area contributed by atoms with Crippen LogP contribution in [0.25, 0.3) is 22.2 Å². The number of nitrogen functional groups attached to an aromatic ring is 1. The maximum Gasteiger partial charge on any atom is 0.172 e. The number of nitrogens with zero attached hydrogens (tertiary/aromatic N) is 2. The Hall–Kier alpha value is -2.36. The van der Waals surface area contributed by atoms with E-state index in [1.54, 1.807) is 6.20 Å². The summed E-state index contributed by atoms with van der Waals surface area (Å²) in [6.45, 7) is 2.04. The number of aromatic nitrogens is 2. The van der Waals surface area contributed by atoms with E-state index in [2.05, 4.69) is 10.1 Å². The number of hydrogen-bond donors (Lipinski definition) is 1. The Balaban J connectivity index is 2.31. The molecule has 0 aliphatic rings. The van der Waals surface area contributed by atoms with Crippen LogP contribution in [0.15, 0.2) is 41.1 Å². The lowest BCUT2D eigenvalue weighted by molar-refractivity contribution is 0.435. The van der Waals surface area contributed by atoms with Crippen molar-refractivity contribution >= 4 is 16.7 Å². The first-order valence-corrected chi connectivity index (χ1v) is 5.89. The number of pyridine rings is 1. The lowest BCUT2D eigenvalue weighted by Crippen LogP contribution is -1.91. The number of benzene rings is 1. The lowest BCUT2D eigenvalue weighted by Gasteiger charge is -2.04. The summed E-state index contributed by atoms with van der Waals surface area (Å²) in [4.78, 5) is 4.34. The molecule has 2 N–H and O–H groups in total. The van der Waals surface area contributed by atoms with E-state index in [1.165, 1.54) is 0 Å². The van der Waals surface area contributed by atoms with Crippen LogP contribution in [-0.4, -0.2) is 10.1 Å². The molecule has 0 radical (unpaired) electrons. The first kappa shape index (κ1) is 10.8. The second kappa shape index (κ2) is 4.14. The molecular weight excluding hydrogens is 226 g/mol. The number of anilines is 1. The van der Waals surface area contributed by atoms with Crippen LogP contribution in [0.4, 0.5) is 5.82 Å². The molecule has 0 bridgehead atoms. The van der Waals surface area contributed by atoms with E-state index in [0.29, 0.717) is 5.82 Å². The summed E-state index contributed by atoms with van der Waals surface area (Å²) in [6, 6.07) is 9.88. The van der Waals surface area contributed by atoms with Crippen LogP contribution in [0.1, 0.15) is 12.5 Å². The molecule has 18 heavy (non-hydrogen) atoms. The molecule has 0 unspecified atom stereocenters. The highest BCUT2D eigenvalue weighted by molar-refractivity contribution is 5.94. The molecule has 0 atom stereocenters. The Morgan fingerprint density at radius 2 is 2.11 bits per heavy atom. The molecule has 2 aromatic heterocycles. The summed E-state index contributed by atoms with van der Waals surface area (Å²) in [5.41, 5.74) is 8.69. The predicted octanol–water partition coefficient (Wildman–Crippen LogP) is 3.03. The summed E-state index contributed by atoms with van der Waals surface area (Å²) < 4.78 is 5.38. The highest BCUT2D eigenvalue weighted by Gasteiger charge is 2.16. The van der Waals surface area contributed by atoms with Crippen molar-refractivity contribution in [2.24, 2.45) is 0 Å². The van der Waals surface area contributed by atoms with Crippen LogP contribution >= 0.6 is 0 Å². The van der Waals surface area contributed by atoms with Gasteiger partial charge in [0.15, 0.2) is 11.6 Å². The van der Waals surface area contributed by atoms with Gasteiger partial charge in [-0.05, 0) is 18.6 Å². The molecule has 4 heteroatoms. The molecule has 3 aromatic rings. The van der Waals surface area contributed by atoms with Crippen molar-refractivity contribution in [3.05, 3.63) is 42.1 Å². The fourth-order valence-corrected chi connectivity index (χ4v) is 2.18. The van der Waals surface area contributed by atoms with Crippen LogP contribution in [-0.2, 0) is 6.42 Å². The van der Waals surface area contributed by atoms with Gasteiger partial charge in [0, 0.05) is 22.7 Å². The molecule has 1 aromatic carbocycles. The van der Waals surface area contributed by atoms with Crippen molar-refractivity contribution in [1.29, 1.82) is 0 Å². The van der Waals surface area contributed by atoms with E-state index in [-0.39, 0.29) is 0 Å². The van der Waals surface area contributed by atoms with Gasteiger partial charge in [-0.15, -0.1) is 0 Å². The monoisotopic (exact) mass is 239 g/mol. The Morgan fingerprint density at radius 3 is 2.94 bits per heavy atom. The maximum atomic E-state index is 5.81. The average molecular weight is 239 g/mol. The Bertz CT molecular complexity index is 698. The topological polar surface area (TPSA) is 64.9 Å². The van der Waals surface area contributed by atoms with E-state index in [4.69, 9.17) is 10.3 Å². The molecule has 0 fully saturated rings. The molecular formula is C14H13N3O. The normalized spacial score (nSPS) is 10.9. The van der Waals surface area contributed by atoms with Gasteiger partial charge in [0.1, 0.15) is 0 Å². The van der Waals surface area contributed by atoms with E-state index < -0.39 is 0 Å². The summed E-state index contributed by atoms with van der Waals surface area (Å²) in [5, 5.41) is 4.90. The SMILES string of the molecule is CCc1c(N)noc1-c1cccc2ncccc12. The molecule has 0 aliphatic heterocycles. The van der Waals surface area contributed by atoms with Crippen molar-refractivity contribution < 1.29 is 4.52 Å². The van der Waals surface area contributed by atoms with Crippen molar-refractivity contribution in [3.8, 4) is 11.3 Å². The van der Waals surface area contributed by atoms with Gasteiger partial charge in [0.05, 0.1) is 5.52 Å². The molecule has 3 rings (SSSR count). The Kier molecular flexibility index (Phi) is 2.48. The molecule has 0 saturated heterocycles. The van der Waals surface area contributed by atoms with Crippen LogP contribution < -0.4 is 5.73 Å². The third-order valence-electron chi connectivity index (χ3n) is 3.06. The molecule has 0 saturated carbocycles. The predicted molar refractivity (Wildman–Crippen MR) is 71.0 cm³/mol. The van der Waals surface area contributed by atoms with Gasteiger partial charge in [0.2, 0.25) is 0 Å². The standard InChI is InChI=1S/C14H13N3O/c1-2-9-13(18-17-14(9)15)11-5-3-7-12-10(11)6-4-8-16-12/h3-8H,2H2,1H3,(H2,15,17). The highest BCUT2D eigenvalue weighted by Crippen LogP contribution is 2.32. The molecule has 90 valence electrons. The van der Waals surface area contributed by atoms with Gasteiger partial charge in [-0.3, -0.25) is 4.98 Å². The minimum Gasteiger partial charge on any atom is -0.381 e. The molecule has 0 spiro atoms. The van der Waals surface area contributed by atoms with Crippen molar-refractivity contribution in [1.82, 2.24) is 10.1 Å². The molecule has 2 heterocycles. The summed E-state index contributed by atoms with van der Waals surface area (Å²) in [5.74, 6) is 1.21. The summed E-state index contributed by atoms with van der Waals surface area (Å²) >= 11 is 0. The number of fused-ring (bicyclic) bond motifs is 1. The van der Waals surface area contributed by atoms with Gasteiger partial charge in [-0.1, -0.05) is 30.3 Å². The van der Waals surface area contributed by atoms with Crippen LogP contribution in [0.2, 0.25) is 0 Å². The van der Waals surface area contributed by atoms with E-state index in [1.807, 2.05) is 37.3 Å². The largest absolute Gasteiger partial charge is 0.381 e. The number of rotatable bonds is 2. The van der Waals surface area contributed by atoms with Crippen molar-refractivity contribution in [2.45, 2.75) is 13.3 Å². The smallest absolute Gasteiger partial charge is 0.172 e. The third kappa shape index (κ3) is 1.54. The second-order valence-corrected chi connectivity index (χ2v) is 4.10. The molecule has 4 nitrogen and oxygen atoms in total. The van der Waals surface area contributed by atoms with Gasteiger partial charge < -0.3 is 10.3 Å². The third-order valence-corrected chi connectivity index (χ3v) is 3.06. The van der Waals surface area contributed by atoms with Crippen LogP contribution in [0.3, 0.4) is 0 Å². The fourth-order valence-electron chi connectivity index (χ4n) is 2.18. The zero-order valence-electron chi connectivity index (χ0n) is 10.1. The summed E-state index contributed by atoms with van der Waals surface area (Å²) in [6.07, 6.45) is 2.57.